The van der Waals surface area contributed by atoms with Gasteiger partial charge >= 0.3 is 5.97 Å². The van der Waals surface area contributed by atoms with Gasteiger partial charge in [0.2, 0.25) is 5.91 Å². The maximum Gasteiger partial charge on any atom is 0.333 e. The first kappa shape index (κ1) is 12.4. The van der Waals surface area contributed by atoms with Crippen molar-refractivity contribution in [1.29, 1.82) is 0 Å². The van der Waals surface area contributed by atoms with Gasteiger partial charge in [-0.15, -0.1) is 0 Å². The Morgan fingerprint density at radius 2 is 2.19 bits per heavy atom. The summed E-state index contributed by atoms with van der Waals surface area (Å²) in [6.07, 6.45) is -0.361. The largest absolute Gasteiger partial charge is 0.452 e. The first-order valence-corrected chi connectivity index (χ1v) is 4.67. The lowest BCUT2D eigenvalue weighted by Gasteiger charge is -2.36. The third kappa shape index (κ3) is 2.46. The lowest BCUT2D eigenvalue weighted by Crippen LogP contribution is -2.57. The molecular weight excluding hydrogens is 214 g/mol. The van der Waals surface area contributed by atoms with Gasteiger partial charge in [-0.25, -0.2) is 4.79 Å². The summed E-state index contributed by atoms with van der Waals surface area (Å²) >= 11 is 0. The minimum atomic E-state index is -0.657. The van der Waals surface area contributed by atoms with Crippen LogP contribution in [0.2, 0.25) is 0 Å². The van der Waals surface area contributed by atoms with Crippen molar-refractivity contribution >= 4 is 17.8 Å². The van der Waals surface area contributed by atoms with Gasteiger partial charge in [0.1, 0.15) is 6.23 Å². The molecule has 1 aliphatic rings. The average molecular weight is 227 g/mol. The molecule has 2 amide bonds. The Kier molecular flexibility index (Phi) is 3.78. The molecule has 6 heteroatoms. The van der Waals surface area contributed by atoms with Crippen molar-refractivity contribution in [1.82, 2.24) is 4.90 Å². The fourth-order valence-electron chi connectivity index (χ4n) is 1.20. The van der Waals surface area contributed by atoms with E-state index in [1.54, 1.807) is 0 Å². The summed E-state index contributed by atoms with van der Waals surface area (Å²) in [5, 5.41) is 0. The van der Waals surface area contributed by atoms with Crippen molar-refractivity contribution < 1.29 is 23.9 Å². The molecule has 1 heterocycles. The molecule has 1 fully saturated rings. The van der Waals surface area contributed by atoms with Crippen molar-refractivity contribution in [3.63, 3.8) is 0 Å². The predicted molar refractivity (Wildman–Crippen MR) is 53.0 cm³/mol. The molecule has 0 aliphatic carbocycles. The van der Waals surface area contributed by atoms with Crippen LogP contribution < -0.4 is 0 Å². The molecule has 0 radical (unpaired) electrons. The molecule has 6 nitrogen and oxygen atoms in total. The Labute approximate surface area is 92.8 Å². The zero-order valence-corrected chi connectivity index (χ0v) is 9.19. The van der Waals surface area contributed by atoms with E-state index in [0.29, 0.717) is 0 Å². The van der Waals surface area contributed by atoms with E-state index >= 15 is 0 Å². The van der Waals surface area contributed by atoms with Gasteiger partial charge in [-0.2, -0.15) is 0 Å². The van der Waals surface area contributed by atoms with Crippen LogP contribution in [0.1, 0.15) is 13.3 Å². The molecule has 0 spiro atoms. The zero-order valence-electron chi connectivity index (χ0n) is 9.19. The van der Waals surface area contributed by atoms with Crippen LogP contribution in [0.5, 0.6) is 0 Å². The Morgan fingerprint density at radius 1 is 1.56 bits per heavy atom. The second kappa shape index (κ2) is 4.89. The lowest BCUT2D eigenvalue weighted by atomic mass is 10.1. The molecule has 0 aromatic carbocycles. The molecule has 0 bridgehead atoms. The molecule has 1 rings (SSSR count). The number of carbonyl (C=O) groups is 3. The highest BCUT2D eigenvalue weighted by Gasteiger charge is 2.41. The minimum Gasteiger partial charge on any atom is -0.452 e. The van der Waals surface area contributed by atoms with Crippen LogP contribution in [0.25, 0.3) is 0 Å². The molecule has 0 saturated carbocycles. The van der Waals surface area contributed by atoms with Crippen molar-refractivity contribution in [2.24, 2.45) is 0 Å². The number of ether oxygens (including phenoxy) is 2. The number of hydrogen-bond donors (Lipinski definition) is 0. The fraction of sp³-hybridized carbons (Fsp3) is 0.500. The summed E-state index contributed by atoms with van der Waals surface area (Å²) < 4.78 is 9.50. The summed E-state index contributed by atoms with van der Waals surface area (Å²) in [5.74, 6) is -1.57. The first-order valence-electron chi connectivity index (χ1n) is 4.67. The Morgan fingerprint density at radius 3 is 2.62 bits per heavy atom. The van der Waals surface area contributed by atoms with Gasteiger partial charge in [0, 0.05) is 12.7 Å². The van der Waals surface area contributed by atoms with Crippen LogP contribution in [0.15, 0.2) is 12.2 Å². The number of amides is 2. The molecule has 88 valence electrons. The van der Waals surface area contributed by atoms with Crippen LogP contribution in [0.3, 0.4) is 0 Å². The third-order valence-corrected chi connectivity index (χ3v) is 2.12. The second-order valence-electron chi connectivity index (χ2n) is 3.41. The van der Waals surface area contributed by atoms with E-state index in [-0.39, 0.29) is 17.9 Å². The quantitative estimate of drug-likeness (QED) is 0.379. The Hall–Kier alpha value is -1.69. The molecule has 1 atom stereocenters. The number of β-lactam (4-membered cyclic amide) rings is 1. The smallest absolute Gasteiger partial charge is 0.333 e. The van der Waals surface area contributed by atoms with Crippen LogP contribution in [0.4, 0.5) is 0 Å². The van der Waals surface area contributed by atoms with Gasteiger partial charge in [-0.1, -0.05) is 6.58 Å². The highest BCUT2D eigenvalue weighted by Crippen LogP contribution is 2.19. The summed E-state index contributed by atoms with van der Waals surface area (Å²) in [5.41, 5.74) is 0.200. The van der Waals surface area contributed by atoms with Crippen LogP contribution in [0, 0.1) is 0 Å². The zero-order chi connectivity index (χ0) is 12.3. The van der Waals surface area contributed by atoms with E-state index in [1.165, 1.54) is 14.0 Å². The number of esters is 1. The second-order valence-corrected chi connectivity index (χ2v) is 3.41. The summed E-state index contributed by atoms with van der Waals surface area (Å²) in [7, 11) is 1.40. The minimum absolute atomic E-state index is 0.177. The van der Waals surface area contributed by atoms with Crippen molar-refractivity contribution in [2.75, 3.05) is 13.7 Å². The average Bonchev–Trinajstić information content (AvgIpc) is 2.21. The number of carbonyl (C=O) groups excluding carboxylic acids is 3. The molecule has 0 N–H and O–H groups in total. The Bertz CT molecular complexity index is 349. The van der Waals surface area contributed by atoms with Gasteiger partial charge in [-0.05, 0) is 6.92 Å². The monoisotopic (exact) mass is 227 g/mol. The van der Waals surface area contributed by atoms with E-state index in [9.17, 15) is 14.4 Å². The Balaban J connectivity index is 2.44. The van der Waals surface area contributed by atoms with E-state index in [0.717, 1.165) is 4.90 Å². The third-order valence-electron chi connectivity index (χ3n) is 2.12. The van der Waals surface area contributed by atoms with Crippen molar-refractivity contribution in [3.05, 3.63) is 12.2 Å². The van der Waals surface area contributed by atoms with Gasteiger partial charge in [-0.3, -0.25) is 14.5 Å². The molecule has 0 aromatic heterocycles. The number of methoxy groups -OCH3 is 1. The molecule has 16 heavy (non-hydrogen) atoms. The highest BCUT2D eigenvalue weighted by molar-refractivity contribution is 6.01. The summed E-state index contributed by atoms with van der Waals surface area (Å²) in [6, 6.07) is 0. The first-order chi connectivity index (χ1) is 7.47. The van der Waals surface area contributed by atoms with E-state index in [4.69, 9.17) is 4.74 Å². The number of hydrogen-bond acceptors (Lipinski definition) is 5. The highest BCUT2D eigenvalue weighted by atomic mass is 16.5. The SMILES string of the molecule is C=C(C)C(=O)OCC(=O)N1C(=O)CC1OC. The maximum atomic E-state index is 11.5. The standard InChI is InChI=1S/C10H13NO5/c1-6(2)10(14)16-5-8(13)11-7(12)4-9(11)15-3/h9H,1,4-5H2,2-3H3. The fourth-order valence-corrected chi connectivity index (χ4v) is 1.20. The van der Waals surface area contributed by atoms with Crippen LogP contribution >= 0.6 is 0 Å². The normalized spacial score (nSPS) is 19.0. The number of nitrogens with zero attached hydrogens (tertiary/aromatic N) is 1. The molecular formula is C10H13NO5. The van der Waals surface area contributed by atoms with E-state index in [2.05, 4.69) is 11.3 Å². The van der Waals surface area contributed by atoms with Crippen molar-refractivity contribution in [2.45, 2.75) is 19.6 Å². The number of likely N-dealkylation sites (tertiary alicyclic amines) is 1. The maximum absolute atomic E-state index is 11.5. The molecule has 1 saturated heterocycles. The van der Waals surface area contributed by atoms with E-state index in [1.807, 2.05) is 0 Å². The van der Waals surface area contributed by atoms with E-state index < -0.39 is 24.7 Å². The molecule has 1 aliphatic heterocycles. The number of rotatable bonds is 4. The van der Waals surface area contributed by atoms with Gasteiger partial charge in [0.05, 0.1) is 6.42 Å². The predicted octanol–water partition coefficient (Wildman–Crippen LogP) is -0.163. The van der Waals surface area contributed by atoms with Gasteiger partial charge in [0.15, 0.2) is 6.61 Å². The van der Waals surface area contributed by atoms with Gasteiger partial charge in [0.25, 0.3) is 5.91 Å². The lowest BCUT2D eigenvalue weighted by molar-refractivity contribution is -0.181. The van der Waals surface area contributed by atoms with Crippen LogP contribution in [-0.2, 0) is 23.9 Å². The number of imide groups is 1. The summed E-state index contributed by atoms with van der Waals surface area (Å²) in [4.78, 5) is 34.5. The van der Waals surface area contributed by atoms with Crippen LogP contribution in [-0.4, -0.2) is 42.6 Å². The topological polar surface area (TPSA) is 72.9 Å². The van der Waals surface area contributed by atoms with Crippen molar-refractivity contribution in [3.8, 4) is 0 Å². The molecule has 1 unspecified atom stereocenters. The summed E-state index contributed by atoms with van der Waals surface area (Å²) in [6.45, 7) is 4.36. The van der Waals surface area contributed by atoms with Gasteiger partial charge < -0.3 is 9.47 Å². The molecule has 0 aromatic rings.